The molecule has 3 aromatic rings. The molecule has 0 unspecified atom stereocenters. The molecule has 1 aliphatic heterocycles. The summed E-state index contributed by atoms with van der Waals surface area (Å²) in [6.45, 7) is 2.28. The van der Waals surface area contributed by atoms with Gasteiger partial charge in [-0.25, -0.2) is 0 Å². The molecule has 0 aromatic heterocycles. The minimum atomic E-state index is -0.898. The zero-order chi connectivity index (χ0) is 24.2. The highest BCUT2D eigenvalue weighted by Crippen LogP contribution is 2.45. The monoisotopic (exact) mass is 460 g/mol. The molecular formula is C26H24N2O6. The number of fused-ring (bicyclic) bond motifs is 1. The topological polar surface area (TPSA) is 110 Å². The van der Waals surface area contributed by atoms with E-state index in [1.165, 1.54) is 24.3 Å². The summed E-state index contributed by atoms with van der Waals surface area (Å²) < 4.78 is 5.96. The van der Waals surface area contributed by atoms with E-state index in [0.717, 1.165) is 11.1 Å². The number of carboxylic acid groups (broad SMARTS) is 1. The number of anilines is 1. The molecule has 8 heteroatoms. The van der Waals surface area contributed by atoms with Gasteiger partial charge in [-0.2, -0.15) is 0 Å². The van der Waals surface area contributed by atoms with Crippen LogP contribution >= 0.6 is 0 Å². The average Bonchev–Trinajstić information content (AvgIpc) is 3.12. The normalized spacial score (nSPS) is 16.7. The first-order valence-corrected chi connectivity index (χ1v) is 11.0. The van der Waals surface area contributed by atoms with Gasteiger partial charge in [0.25, 0.3) is 11.6 Å². The van der Waals surface area contributed by atoms with Crippen LogP contribution in [0.1, 0.15) is 47.2 Å². The SMILES string of the molecule is C[C@@H]1[C@@H](CCC(=O)O)c2cc(OCc3ccccc3)ccc2N1C(=O)c1ccc([N+](=O)[O-])cc1. The number of carbonyl (C=O) groups excluding carboxylic acids is 1. The molecule has 174 valence electrons. The minimum Gasteiger partial charge on any atom is -0.489 e. The van der Waals surface area contributed by atoms with Crippen molar-refractivity contribution in [3.05, 3.63) is 99.6 Å². The van der Waals surface area contributed by atoms with E-state index in [9.17, 15) is 24.8 Å². The third kappa shape index (κ3) is 4.76. The number of aliphatic carboxylic acids is 1. The third-order valence-corrected chi connectivity index (χ3v) is 6.11. The van der Waals surface area contributed by atoms with Gasteiger partial charge in [-0.15, -0.1) is 0 Å². The molecule has 0 spiro atoms. The Hall–Kier alpha value is -4.20. The number of ether oxygens (including phenoxy) is 1. The molecule has 2 atom stereocenters. The molecule has 8 nitrogen and oxygen atoms in total. The van der Waals surface area contributed by atoms with Gasteiger partial charge in [-0.1, -0.05) is 30.3 Å². The molecule has 0 bridgehead atoms. The van der Waals surface area contributed by atoms with E-state index in [0.29, 0.717) is 30.0 Å². The van der Waals surface area contributed by atoms with Crippen LogP contribution in [-0.4, -0.2) is 27.9 Å². The maximum absolute atomic E-state index is 13.4. The second kappa shape index (κ2) is 9.74. The van der Waals surface area contributed by atoms with Gasteiger partial charge in [0.1, 0.15) is 12.4 Å². The van der Waals surface area contributed by atoms with Crippen LogP contribution in [0.2, 0.25) is 0 Å². The standard InChI is InChI=1S/C26H24N2O6/c1-17-22(12-14-25(29)30)23-15-21(34-16-18-5-3-2-4-6-18)11-13-24(23)27(17)26(31)19-7-9-20(10-8-19)28(32)33/h2-11,13,15,17,22H,12,14,16H2,1H3,(H,29,30)/t17-,22-/m1/s1. The van der Waals surface area contributed by atoms with Crippen molar-refractivity contribution in [2.24, 2.45) is 0 Å². The average molecular weight is 460 g/mol. The van der Waals surface area contributed by atoms with E-state index in [-0.39, 0.29) is 30.0 Å². The van der Waals surface area contributed by atoms with Crippen LogP contribution in [0.25, 0.3) is 0 Å². The molecule has 0 radical (unpaired) electrons. The van der Waals surface area contributed by atoms with Crippen molar-refractivity contribution in [2.45, 2.75) is 38.3 Å². The number of rotatable bonds is 8. The van der Waals surface area contributed by atoms with E-state index in [1.807, 2.05) is 49.4 Å². The highest BCUT2D eigenvalue weighted by molar-refractivity contribution is 6.08. The largest absolute Gasteiger partial charge is 0.489 e. The zero-order valence-electron chi connectivity index (χ0n) is 18.6. The van der Waals surface area contributed by atoms with E-state index in [2.05, 4.69) is 0 Å². The second-order valence-electron chi connectivity index (χ2n) is 8.25. The van der Waals surface area contributed by atoms with E-state index in [4.69, 9.17) is 4.74 Å². The molecule has 1 amide bonds. The van der Waals surface area contributed by atoms with Gasteiger partial charge in [0.05, 0.1) is 4.92 Å². The highest BCUT2D eigenvalue weighted by Gasteiger charge is 2.39. The fourth-order valence-corrected chi connectivity index (χ4v) is 4.37. The van der Waals surface area contributed by atoms with Crippen molar-refractivity contribution < 1.29 is 24.4 Å². The van der Waals surface area contributed by atoms with Crippen molar-refractivity contribution in [3.8, 4) is 5.75 Å². The maximum atomic E-state index is 13.4. The maximum Gasteiger partial charge on any atom is 0.303 e. The highest BCUT2D eigenvalue weighted by atomic mass is 16.6. The number of carbonyl (C=O) groups is 2. The lowest BCUT2D eigenvalue weighted by Crippen LogP contribution is -2.37. The summed E-state index contributed by atoms with van der Waals surface area (Å²) in [7, 11) is 0. The Morgan fingerprint density at radius 2 is 1.76 bits per heavy atom. The van der Waals surface area contributed by atoms with Crippen LogP contribution in [0.3, 0.4) is 0 Å². The molecule has 4 rings (SSSR count). The molecule has 3 aromatic carbocycles. The third-order valence-electron chi connectivity index (χ3n) is 6.11. The molecule has 0 fully saturated rings. The number of carboxylic acids is 1. The first-order chi connectivity index (χ1) is 16.3. The summed E-state index contributed by atoms with van der Waals surface area (Å²) in [6.07, 6.45) is 0.346. The van der Waals surface area contributed by atoms with E-state index in [1.54, 1.807) is 11.0 Å². The van der Waals surface area contributed by atoms with Crippen LogP contribution < -0.4 is 9.64 Å². The lowest BCUT2D eigenvalue weighted by atomic mass is 9.91. The Labute approximate surface area is 196 Å². The lowest BCUT2D eigenvalue weighted by Gasteiger charge is -2.25. The Balaban J connectivity index is 1.63. The number of nitrogens with zero attached hydrogens (tertiary/aromatic N) is 2. The van der Waals surface area contributed by atoms with Crippen molar-refractivity contribution >= 4 is 23.3 Å². The number of nitro groups is 1. The van der Waals surface area contributed by atoms with Crippen LogP contribution in [0.4, 0.5) is 11.4 Å². The summed E-state index contributed by atoms with van der Waals surface area (Å²) in [6, 6.07) is 20.4. The molecule has 1 aliphatic rings. The number of hydrogen-bond donors (Lipinski definition) is 1. The van der Waals surface area contributed by atoms with Gasteiger partial charge in [-0.3, -0.25) is 19.7 Å². The molecule has 0 saturated heterocycles. The number of non-ortho nitro benzene ring substituents is 1. The smallest absolute Gasteiger partial charge is 0.303 e. The molecule has 0 aliphatic carbocycles. The van der Waals surface area contributed by atoms with Crippen LogP contribution in [0.15, 0.2) is 72.8 Å². The predicted molar refractivity (Wildman–Crippen MR) is 126 cm³/mol. The summed E-state index contributed by atoms with van der Waals surface area (Å²) in [5, 5.41) is 20.2. The summed E-state index contributed by atoms with van der Waals surface area (Å²) >= 11 is 0. The van der Waals surface area contributed by atoms with Crippen LogP contribution in [0, 0.1) is 10.1 Å². The lowest BCUT2D eigenvalue weighted by molar-refractivity contribution is -0.384. The second-order valence-corrected chi connectivity index (χ2v) is 8.25. The van der Waals surface area contributed by atoms with Gasteiger partial charge < -0.3 is 14.7 Å². The molecule has 0 saturated carbocycles. The van der Waals surface area contributed by atoms with Crippen LogP contribution in [0.5, 0.6) is 5.75 Å². The fraction of sp³-hybridized carbons (Fsp3) is 0.231. The summed E-state index contributed by atoms with van der Waals surface area (Å²) in [5.74, 6) is -0.738. The molecule has 1 N–H and O–H groups in total. The summed E-state index contributed by atoms with van der Waals surface area (Å²) in [5.41, 5.74) is 2.80. The van der Waals surface area contributed by atoms with Gasteiger partial charge in [0, 0.05) is 41.8 Å². The molecular weight excluding hydrogens is 436 g/mol. The van der Waals surface area contributed by atoms with E-state index < -0.39 is 10.9 Å². The molecule has 34 heavy (non-hydrogen) atoms. The van der Waals surface area contributed by atoms with Gasteiger partial charge in [0.15, 0.2) is 0 Å². The minimum absolute atomic E-state index is 0.0247. The number of amides is 1. The first-order valence-electron chi connectivity index (χ1n) is 11.0. The van der Waals surface area contributed by atoms with Crippen molar-refractivity contribution in [1.29, 1.82) is 0 Å². The predicted octanol–water partition coefficient (Wildman–Crippen LogP) is 5.17. The zero-order valence-corrected chi connectivity index (χ0v) is 18.6. The van der Waals surface area contributed by atoms with Crippen molar-refractivity contribution in [1.82, 2.24) is 0 Å². The number of hydrogen-bond acceptors (Lipinski definition) is 5. The van der Waals surface area contributed by atoms with Crippen LogP contribution in [-0.2, 0) is 11.4 Å². The van der Waals surface area contributed by atoms with Gasteiger partial charge in [-0.05, 0) is 54.8 Å². The Kier molecular flexibility index (Phi) is 6.58. The summed E-state index contributed by atoms with van der Waals surface area (Å²) in [4.78, 5) is 36.7. The Morgan fingerprint density at radius 3 is 2.41 bits per heavy atom. The van der Waals surface area contributed by atoms with Gasteiger partial charge in [0.2, 0.25) is 0 Å². The number of nitro benzene ring substituents is 1. The Bertz CT molecular complexity index is 1210. The fourth-order valence-electron chi connectivity index (χ4n) is 4.37. The van der Waals surface area contributed by atoms with Gasteiger partial charge >= 0.3 is 5.97 Å². The van der Waals surface area contributed by atoms with E-state index >= 15 is 0 Å². The quantitative estimate of drug-likeness (QED) is 0.367. The number of benzene rings is 3. The molecule has 1 heterocycles. The Morgan fingerprint density at radius 1 is 1.06 bits per heavy atom. The van der Waals surface area contributed by atoms with Crippen molar-refractivity contribution in [2.75, 3.05) is 4.90 Å². The van der Waals surface area contributed by atoms with Crippen molar-refractivity contribution in [3.63, 3.8) is 0 Å². The first kappa shape index (κ1) is 23.0.